The fourth-order valence-electron chi connectivity index (χ4n) is 7.53. The standard InChI is InChI=1S/C21H34O6/c1-6-12(9-22)16-19(4)15-11(2)7-18(3,25)8-13(15)21(27,20(16,5)26)14(10-23)17(19)24/h10-13,15-16,22-23,25-27H,6-9H2,1-5H3. The number of carbonyl (C=O) groups is 1. The quantitative estimate of drug-likeness (QED) is 0.373. The summed E-state index contributed by atoms with van der Waals surface area (Å²) < 4.78 is 0. The molecular formula is C21H34O6. The Morgan fingerprint density at radius 1 is 1.19 bits per heavy atom. The number of hydrogen-bond donors (Lipinski definition) is 5. The number of ketones is 1. The summed E-state index contributed by atoms with van der Waals surface area (Å²) in [5.74, 6) is -2.27. The van der Waals surface area contributed by atoms with Crippen LogP contribution in [0, 0.1) is 35.0 Å². The Kier molecular flexibility index (Phi) is 4.63. The maximum atomic E-state index is 13.5. The molecular weight excluding hydrogens is 348 g/mol. The van der Waals surface area contributed by atoms with E-state index < -0.39 is 34.1 Å². The first-order valence-corrected chi connectivity index (χ1v) is 10.0. The molecule has 0 radical (unpaired) electrons. The Balaban J connectivity index is 2.32. The SMILES string of the molecule is CCC(CO)C1C2(C)C(=O)C(=CO)C(O)(C3CC(C)(O)CC(C)C32)C1(C)O. The zero-order valence-corrected chi connectivity index (χ0v) is 16.9. The van der Waals surface area contributed by atoms with E-state index in [2.05, 4.69) is 0 Å². The number of hydrogen-bond acceptors (Lipinski definition) is 6. The van der Waals surface area contributed by atoms with Gasteiger partial charge in [0.2, 0.25) is 0 Å². The van der Waals surface area contributed by atoms with E-state index in [-0.39, 0.29) is 42.1 Å². The predicted octanol–water partition coefficient (Wildman–Crippen LogP) is 1.56. The maximum absolute atomic E-state index is 13.5. The number of aliphatic hydroxyl groups excluding tert-OH is 2. The molecule has 6 heteroatoms. The molecule has 27 heavy (non-hydrogen) atoms. The van der Waals surface area contributed by atoms with Gasteiger partial charge in [0.1, 0.15) is 5.60 Å². The molecule has 0 aromatic carbocycles. The summed E-state index contributed by atoms with van der Waals surface area (Å²) >= 11 is 0. The van der Waals surface area contributed by atoms with E-state index in [4.69, 9.17) is 0 Å². The Morgan fingerprint density at radius 3 is 2.26 bits per heavy atom. The largest absolute Gasteiger partial charge is 0.515 e. The van der Waals surface area contributed by atoms with Gasteiger partial charge in [-0.25, -0.2) is 0 Å². The Labute approximate surface area is 160 Å². The van der Waals surface area contributed by atoms with E-state index in [0.29, 0.717) is 19.1 Å². The highest BCUT2D eigenvalue weighted by Gasteiger charge is 2.79. The molecule has 4 saturated carbocycles. The molecule has 2 bridgehead atoms. The second-order valence-electron chi connectivity index (χ2n) is 9.91. The third-order valence-corrected chi connectivity index (χ3v) is 8.22. The molecule has 0 aromatic heterocycles. The monoisotopic (exact) mass is 382 g/mol. The van der Waals surface area contributed by atoms with Crippen LogP contribution < -0.4 is 0 Å². The van der Waals surface area contributed by atoms with Crippen LogP contribution in [0.25, 0.3) is 0 Å². The van der Waals surface area contributed by atoms with Crippen LogP contribution in [-0.2, 0) is 4.79 Å². The van der Waals surface area contributed by atoms with Gasteiger partial charge in [-0.05, 0) is 44.4 Å². The fraction of sp³-hybridized carbons (Fsp3) is 0.857. The van der Waals surface area contributed by atoms with Gasteiger partial charge < -0.3 is 25.5 Å². The lowest BCUT2D eigenvalue weighted by atomic mass is 9.33. The summed E-state index contributed by atoms with van der Waals surface area (Å²) in [6, 6.07) is 0. The van der Waals surface area contributed by atoms with Crippen LogP contribution in [-0.4, -0.2) is 54.7 Å². The van der Waals surface area contributed by atoms with Crippen molar-refractivity contribution in [3.63, 3.8) is 0 Å². The maximum Gasteiger partial charge on any atom is 0.171 e. The van der Waals surface area contributed by atoms with Gasteiger partial charge >= 0.3 is 0 Å². The van der Waals surface area contributed by atoms with Gasteiger partial charge in [0.05, 0.1) is 23.0 Å². The van der Waals surface area contributed by atoms with Crippen molar-refractivity contribution in [3.8, 4) is 0 Å². The van der Waals surface area contributed by atoms with Crippen molar-refractivity contribution in [3.05, 3.63) is 11.8 Å². The van der Waals surface area contributed by atoms with E-state index in [9.17, 15) is 30.3 Å². The Hall–Kier alpha value is -0.950. The molecule has 0 heterocycles. The zero-order chi connectivity index (χ0) is 20.6. The third kappa shape index (κ3) is 2.30. The van der Waals surface area contributed by atoms with Crippen LogP contribution in [0.1, 0.15) is 53.9 Å². The van der Waals surface area contributed by atoms with Gasteiger partial charge in [-0.3, -0.25) is 4.79 Å². The summed E-state index contributed by atoms with van der Waals surface area (Å²) in [4.78, 5) is 13.5. The van der Waals surface area contributed by atoms with Crippen LogP contribution in [0.4, 0.5) is 0 Å². The van der Waals surface area contributed by atoms with Crippen molar-refractivity contribution in [1.29, 1.82) is 0 Å². The minimum Gasteiger partial charge on any atom is -0.515 e. The fourth-order valence-corrected chi connectivity index (χ4v) is 7.53. The van der Waals surface area contributed by atoms with Crippen molar-refractivity contribution in [2.75, 3.05) is 6.61 Å². The Morgan fingerprint density at radius 2 is 1.78 bits per heavy atom. The van der Waals surface area contributed by atoms with Crippen LogP contribution in [0.3, 0.4) is 0 Å². The van der Waals surface area contributed by atoms with Crippen molar-refractivity contribution in [2.45, 2.75) is 70.7 Å². The van der Waals surface area contributed by atoms with Crippen LogP contribution in [0.15, 0.2) is 11.8 Å². The van der Waals surface area contributed by atoms with E-state index in [1.807, 2.05) is 20.8 Å². The lowest BCUT2D eigenvalue weighted by Crippen LogP contribution is -2.82. The zero-order valence-electron chi connectivity index (χ0n) is 16.9. The van der Waals surface area contributed by atoms with E-state index in [0.717, 1.165) is 0 Å². The number of Topliss-reactive ketones (excluding diaryl/α,β-unsaturated/α-hetero) is 1. The van der Waals surface area contributed by atoms with Gasteiger partial charge in [0, 0.05) is 23.9 Å². The van der Waals surface area contributed by atoms with Crippen molar-refractivity contribution < 1.29 is 30.3 Å². The van der Waals surface area contributed by atoms with Gasteiger partial charge in [-0.15, -0.1) is 0 Å². The molecule has 0 aromatic rings. The molecule has 4 aliphatic rings. The first kappa shape index (κ1) is 20.8. The highest BCUT2D eigenvalue weighted by Crippen LogP contribution is 2.71. The van der Waals surface area contributed by atoms with E-state index in [1.54, 1.807) is 6.92 Å². The van der Waals surface area contributed by atoms with E-state index in [1.165, 1.54) is 6.92 Å². The first-order valence-electron chi connectivity index (χ1n) is 10.0. The Bertz CT molecular complexity index is 664. The number of aliphatic hydroxyl groups is 5. The summed E-state index contributed by atoms with van der Waals surface area (Å²) in [5, 5.41) is 54.1. The van der Waals surface area contributed by atoms with Crippen molar-refractivity contribution >= 4 is 5.78 Å². The molecule has 0 amide bonds. The van der Waals surface area contributed by atoms with Gasteiger partial charge in [0.15, 0.2) is 5.78 Å². The number of rotatable bonds is 3. The smallest absolute Gasteiger partial charge is 0.171 e. The molecule has 0 aliphatic heterocycles. The molecule has 9 unspecified atom stereocenters. The van der Waals surface area contributed by atoms with E-state index >= 15 is 0 Å². The topological polar surface area (TPSA) is 118 Å². The summed E-state index contributed by atoms with van der Waals surface area (Å²) in [6.45, 7) is 8.70. The predicted molar refractivity (Wildman–Crippen MR) is 99.8 cm³/mol. The molecule has 4 fully saturated rings. The first-order chi connectivity index (χ1) is 12.3. The molecule has 154 valence electrons. The second kappa shape index (κ2) is 6.02. The average Bonchev–Trinajstić information content (AvgIpc) is 2.55. The highest BCUT2D eigenvalue weighted by atomic mass is 16.4. The molecule has 0 spiro atoms. The van der Waals surface area contributed by atoms with Crippen molar-refractivity contribution in [1.82, 2.24) is 0 Å². The van der Waals surface area contributed by atoms with Crippen LogP contribution in [0.2, 0.25) is 0 Å². The normalized spacial score (nSPS) is 54.9. The summed E-state index contributed by atoms with van der Waals surface area (Å²) in [5.41, 5.74) is -5.97. The van der Waals surface area contributed by atoms with Gasteiger partial charge in [-0.2, -0.15) is 0 Å². The minimum absolute atomic E-state index is 0.0609. The minimum atomic E-state index is -1.98. The van der Waals surface area contributed by atoms with Gasteiger partial charge in [-0.1, -0.05) is 27.2 Å². The molecule has 9 atom stereocenters. The lowest BCUT2D eigenvalue weighted by Gasteiger charge is -2.72. The molecule has 5 N–H and O–H groups in total. The van der Waals surface area contributed by atoms with Crippen LogP contribution >= 0.6 is 0 Å². The van der Waals surface area contributed by atoms with Gasteiger partial charge in [0.25, 0.3) is 0 Å². The molecule has 0 saturated heterocycles. The molecule has 4 rings (SSSR count). The second-order valence-corrected chi connectivity index (χ2v) is 9.91. The van der Waals surface area contributed by atoms with Crippen molar-refractivity contribution in [2.24, 2.45) is 35.0 Å². The molecule has 6 nitrogen and oxygen atoms in total. The number of fused-ring (bicyclic) bond motifs is 2. The average molecular weight is 382 g/mol. The third-order valence-electron chi connectivity index (χ3n) is 8.22. The number of carbonyl (C=O) groups excluding carboxylic acids is 1. The van der Waals surface area contributed by atoms with Crippen LogP contribution in [0.5, 0.6) is 0 Å². The summed E-state index contributed by atoms with van der Waals surface area (Å²) in [6.07, 6.45) is 1.92. The lowest BCUT2D eigenvalue weighted by molar-refractivity contribution is -0.304. The summed E-state index contributed by atoms with van der Waals surface area (Å²) in [7, 11) is 0. The molecule has 4 aliphatic carbocycles. The highest BCUT2D eigenvalue weighted by molar-refractivity contribution is 6.04.